The van der Waals surface area contributed by atoms with Crippen molar-refractivity contribution >= 4 is 5.96 Å². The highest BCUT2D eigenvalue weighted by molar-refractivity contribution is 5.79. The molecule has 1 aliphatic carbocycles. The molecular weight excluding hydrogens is 392 g/mol. The van der Waals surface area contributed by atoms with Gasteiger partial charge in [0.2, 0.25) is 0 Å². The number of ether oxygens (including phenoxy) is 3. The van der Waals surface area contributed by atoms with E-state index in [-0.39, 0.29) is 11.6 Å². The van der Waals surface area contributed by atoms with E-state index >= 15 is 0 Å². The van der Waals surface area contributed by atoms with Gasteiger partial charge in [0.05, 0.1) is 19.8 Å². The summed E-state index contributed by atoms with van der Waals surface area (Å²) in [5.74, 6) is 2.45. The third kappa shape index (κ3) is 6.26. The van der Waals surface area contributed by atoms with Gasteiger partial charge in [0, 0.05) is 37.4 Å². The van der Waals surface area contributed by atoms with Crippen molar-refractivity contribution in [1.29, 1.82) is 0 Å². The maximum Gasteiger partial charge on any atom is 0.191 e. The van der Waals surface area contributed by atoms with Gasteiger partial charge in [-0.15, -0.1) is 0 Å². The summed E-state index contributed by atoms with van der Waals surface area (Å²) in [6.07, 6.45) is 7.01. The fraction of sp³-hybridized carbons (Fsp3) is 0.708. The lowest BCUT2D eigenvalue weighted by Gasteiger charge is -2.43. The number of likely N-dealkylation sites (N-methyl/N-ethyl adjacent to an activating group) is 1. The summed E-state index contributed by atoms with van der Waals surface area (Å²) in [6, 6.07) is 6.06. The smallest absolute Gasteiger partial charge is 0.191 e. The van der Waals surface area contributed by atoms with Gasteiger partial charge in [-0.3, -0.25) is 0 Å². The lowest BCUT2D eigenvalue weighted by atomic mass is 9.88. The molecule has 0 amide bonds. The maximum absolute atomic E-state index is 6.37. The van der Waals surface area contributed by atoms with Crippen LogP contribution < -0.4 is 20.1 Å². The van der Waals surface area contributed by atoms with E-state index in [4.69, 9.17) is 19.2 Å². The lowest BCUT2D eigenvalue weighted by Crippen LogP contribution is -2.57. The van der Waals surface area contributed by atoms with Gasteiger partial charge >= 0.3 is 0 Å². The topological polar surface area (TPSA) is 67.4 Å². The Balaban J connectivity index is 1.72. The number of aliphatic imine (C=N–C) groups is 1. The SMILES string of the molecule is CCNC(=NCc1cccc(OC)c1OC1CCCC1)NCC1(N(C)C)CCOCC1. The van der Waals surface area contributed by atoms with Crippen LogP contribution in [0.1, 0.15) is 51.0 Å². The van der Waals surface area contributed by atoms with Crippen LogP contribution in [0.25, 0.3) is 0 Å². The summed E-state index contributed by atoms with van der Waals surface area (Å²) in [4.78, 5) is 7.20. The highest BCUT2D eigenvalue weighted by atomic mass is 16.5. The number of guanidine groups is 1. The standard InChI is InChI=1S/C24H40N4O3/c1-5-25-23(27-18-24(28(2)3)13-15-30-16-14-24)26-17-19-9-8-12-21(29-4)22(19)31-20-10-6-7-11-20/h8-9,12,20H,5-7,10-11,13-18H2,1-4H3,(H2,25,26,27). The zero-order valence-corrected chi connectivity index (χ0v) is 19.7. The molecule has 1 heterocycles. The number of para-hydroxylation sites is 1. The minimum absolute atomic E-state index is 0.0845. The Morgan fingerprint density at radius 3 is 2.58 bits per heavy atom. The van der Waals surface area contributed by atoms with Crippen molar-refractivity contribution in [3.8, 4) is 11.5 Å². The number of hydrogen-bond donors (Lipinski definition) is 2. The van der Waals surface area contributed by atoms with E-state index in [2.05, 4.69) is 42.6 Å². The fourth-order valence-corrected chi connectivity index (χ4v) is 4.44. The van der Waals surface area contributed by atoms with Gasteiger partial charge in [0.1, 0.15) is 0 Å². The van der Waals surface area contributed by atoms with E-state index < -0.39 is 0 Å². The molecule has 7 nitrogen and oxygen atoms in total. The number of nitrogens with one attached hydrogen (secondary N) is 2. The van der Waals surface area contributed by atoms with E-state index in [1.54, 1.807) is 7.11 Å². The van der Waals surface area contributed by atoms with Crippen molar-refractivity contribution in [2.75, 3.05) is 47.5 Å². The van der Waals surface area contributed by atoms with Crippen LogP contribution in [0, 0.1) is 0 Å². The van der Waals surface area contributed by atoms with Crippen LogP contribution in [0.4, 0.5) is 0 Å². The van der Waals surface area contributed by atoms with E-state index in [1.165, 1.54) is 12.8 Å². The summed E-state index contributed by atoms with van der Waals surface area (Å²) >= 11 is 0. The molecule has 0 spiro atoms. The Morgan fingerprint density at radius 1 is 1.19 bits per heavy atom. The summed E-state index contributed by atoms with van der Waals surface area (Å²) < 4.78 is 17.6. The minimum Gasteiger partial charge on any atom is -0.493 e. The quantitative estimate of drug-likeness (QED) is 0.462. The Morgan fingerprint density at radius 2 is 1.94 bits per heavy atom. The molecule has 1 saturated heterocycles. The normalized spacial score (nSPS) is 19.5. The van der Waals surface area contributed by atoms with Gasteiger partial charge in [0.25, 0.3) is 0 Å². The van der Waals surface area contributed by atoms with Crippen molar-refractivity contribution in [3.63, 3.8) is 0 Å². The van der Waals surface area contributed by atoms with Crippen molar-refractivity contribution < 1.29 is 14.2 Å². The van der Waals surface area contributed by atoms with Gasteiger partial charge in [0.15, 0.2) is 17.5 Å². The molecule has 2 aliphatic rings. The first kappa shape index (κ1) is 23.7. The second-order valence-corrected chi connectivity index (χ2v) is 8.75. The molecule has 1 aliphatic heterocycles. The van der Waals surface area contributed by atoms with Gasteiger partial charge in [-0.2, -0.15) is 0 Å². The number of methoxy groups -OCH3 is 1. The molecular formula is C24H40N4O3. The minimum atomic E-state index is 0.0845. The van der Waals surface area contributed by atoms with E-state index in [0.717, 1.165) is 75.0 Å². The predicted molar refractivity (Wildman–Crippen MR) is 125 cm³/mol. The summed E-state index contributed by atoms with van der Waals surface area (Å²) in [6.45, 7) is 5.88. The highest BCUT2D eigenvalue weighted by Crippen LogP contribution is 2.35. The van der Waals surface area contributed by atoms with E-state index in [1.807, 2.05) is 12.1 Å². The molecule has 1 aromatic carbocycles. The first-order valence-electron chi connectivity index (χ1n) is 11.7. The second-order valence-electron chi connectivity index (χ2n) is 8.75. The molecule has 3 rings (SSSR count). The Labute approximate surface area is 187 Å². The number of nitrogens with zero attached hydrogens (tertiary/aromatic N) is 2. The average molecular weight is 433 g/mol. The Hall–Kier alpha value is -1.99. The van der Waals surface area contributed by atoms with Crippen molar-refractivity contribution in [2.45, 2.75) is 63.6 Å². The summed E-state index contributed by atoms with van der Waals surface area (Å²) in [7, 11) is 6.00. The van der Waals surface area contributed by atoms with Crippen LogP contribution in [0.5, 0.6) is 11.5 Å². The van der Waals surface area contributed by atoms with Crippen LogP contribution in [0.3, 0.4) is 0 Å². The molecule has 0 atom stereocenters. The molecule has 1 saturated carbocycles. The molecule has 174 valence electrons. The number of hydrogen-bond acceptors (Lipinski definition) is 5. The van der Waals surface area contributed by atoms with Gasteiger partial charge in [-0.1, -0.05) is 12.1 Å². The summed E-state index contributed by atoms with van der Waals surface area (Å²) in [5.41, 5.74) is 1.14. The predicted octanol–water partition coefficient (Wildman–Crippen LogP) is 3.18. The molecule has 2 fully saturated rings. The molecule has 0 bridgehead atoms. The van der Waals surface area contributed by atoms with Crippen LogP contribution >= 0.6 is 0 Å². The Bertz CT molecular complexity index is 711. The first-order chi connectivity index (χ1) is 15.1. The average Bonchev–Trinajstić information content (AvgIpc) is 3.30. The molecule has 31 heavy (non-hydrogen) atoms. The third-order valence-corrected chi connectivity index (χ3v) is 6.58. The molecule has 2 N–H and O–H groups in total. The molecule has 7 heteroatoms. The van der Waals surface area contributed by atoms with Crippen molar-refractivity contribution in [2.24, 2.45) is 4.99 Å². The highest BCUT2D eigenvalue weighted by Gasteiger charge is 2.34. The van der Waals surface area contributed by atoms with Gasteiger partial charge < -0.3 is 29.7 Å². The van der Waals surface area contributed by atoms with E-state index in [0.29, 0.717) is 6.54 Å². The fourth-order valence-electron chi connectivity index (χ4n) is 4.44. The third-order valence-electron chi connectivity index (χ3n) is 6.58. The van der Waals surface area contributed by atoms with Crippen LogP contribution in [0.2, 0.25) is 0 Å². The molecule has 0 aromatic heterocycles. The zero-order valence-electron chi connectivity index (χ0n) is 19.7. The molecule has 0 radical (unpaired) electrons. The second kappa shape index (κ2) is 11.6. The zero-order chi connectivity index (χ0) is 22.1. The van der Waals surface area contributed by atoms with Crippen LogP contribution in [-0.4, -0.2) is 70.0 Å². The van der Waals surface area contributed by atoms with Crippen molar-refractivity contribution in [3.05, 3.63) is 23.8 Å². The molecule has 0 unspecified atom stereocenters. The maximum atomic E-state index is 6.37. The first-order valence-corrected chi connectivity index (χ1v) is 11.7. The van der Waals surface area contributed by atoms with E-state index in [9.17, 15) is 0 Å². The largest absolute Gasteiger partial charge is 0.493 e. The van der Waals surface area contributed by atoms with Crippen LogP contribution in [0.15, 0.2) is 23.2 Å². The van der Waals surface area contributed by atoms with Crippen LogP contribution in [-0.2, 0) is 11.3 Å². The van der Waals surface area contributed by atoms with Crippen molar-refractivity contribution in [1.82, 2.24) is 15.5 Å². The Kier molecular flexibility index (Phi) is 8.84. The van der Waals surface area contributed by atoms with Gasteiger partial charge in [-0.25, -0.2) is 4.99 Å². The number of rotatable bonds is 9. The monoisotopic (exact) mass is 432 g/mol. The molecule has 1 aromatic rings. The lowest BCUT2D eigenvalue weighted by molar-refractivity contribution is -0.00501. The summed E-state index contributed by atoms with van der Waals surface area (Å²) in [5, 5.41) is 6.96. The number of benzene rings is 1. The van der Waals surface area contributed by atoms with Gasteiger partial charge in [-0.05, 0) is 65.6 Å².